The van der Waals surface area contributed by atoms with Gasteiger partial charge in [0.1, 0.15) is 5.75 Å². The lowest BCUT2D eigenvalue weighted by Crippen LogP contribution is -2.01. The highest BCUT2D eigenvalue weighted by Gasteiger charge is 2.16. The van der Waals surface area contributed by atoms with Gasteiger partial charge in [-0.3, -0.25) is 4.57 Å². The van der Waals surface area contributed by atoms with Crippen molar-refractivity contribution in [1.29, 1.82) is 0 Å². The number of ether oxygens (including phenoxy) is 2. The summed E-state index contributed by atoms with van der Waals surface area (Å²) in [5.74, 6) is 2.45. The van der Waals surface area contributed by atoms with Gasteiger partial charge in [-0.15, -0.1) is 10.2 Å². The van der Waals surface area contributed by atoms with Gasteiger partial charge in [0.2, 0.25) is 0 Å². The first-order chi connectivity index (χ1) is 12.2. The molecule has 3 rings (SSSR count). The highest BCUT2D eigenvalue weighted by atomic mass is 32.2. The van der Waals surface area contributed by atoms with Crippen molar-refractivity contribution in [2.24, 2.45) is 0 Å². The summed E-state index contributed by atoms with van der Waals surface area (Å²) in [5, 5.41) is 9.68. The molecular formula is C19H21N3O2S. The minimum Gasteiger partial charge on any atom is -0.497 e. The maximum absolute atomic E-state index is 5.24. The maximum atomic E-state index is 5.24. The lowest BCUT2D eigenvalue weighted by Gasteiger charge is -2.11. The number of methoxy groups -OCH3 is 2. The molecule has 3 aromatic rings. The summed E-state index contributed by atoms with van der Waals surface area (Å²) in [6, 6.07) is 16.2. The second-order valence-electron chi connectivity index (χ2n) is 5.55. The third-order valence-electron chi connectivity index (χ3n) is 3.79. The fourth-order valence-electron chi connectivity index (χ4n) is 2.43. The van der Waals surface area contributed by atoms with E-state index in [4.69, 9.17) is 9.47 Å². The second kappa shape index (κ2) is 8.18. The number of aryl methyl sites for hydroxylation is 1. The average Bonchev–Trinajstić information content (AvgIpc) is 3.06. The Kier molecular flexibility index (Phi) is 5.73. The normalized spacial score (nSPS) is 10.8. The van der Waals surface area contributed by atoms with Gasteiger partial charge in [0.15, 0.2) is 11.0 Å². The third kappa shape index (κ3) is 4.03. The zero-order chi connectivity index (χ0) is 17.6. The van der Waals surface area contributed by atoms with Gasteiger partial charge in [-0.05, 0) is 43.3 Å². The van der Waals surface area contributed by atoms with Crippen LogP contribution in [0.4, 0.5) is 0 Å². The molecule has 0 saturated heterocycles. The molecule has 6 heteroatoms. The Morgan fingerprint density at radius 2 is 1.68 bits per heavy atom. The highest BCUT2D eigenvalue weighted by molar-refractivity contribution is 7.99. The smallest absolute Gasteiger partial charge is 0.196 e. The molecule has 0 spiro atoms. The van der Waals surface area contributed by atoms with Crippen LogP contribution in [-0.4, -0.2) is 41.3 Å². The van der Waals surface area contributed by atoms with E-state index in [2.05, 4.69) is 46.0 Å². The van der Waals surface area contributed by atoms with Crippen molar-refractivity contribution in [3.8, 4) is 22.8 Å². The summed E-state index contributed by atoms with van der Waals surface area (Å²) in [6.45, 7) is 2.75. The van der Waals surface area contributed by atoms with E-state index in [-0.39, 0.29) is 0 Å². The Morgan fingerprint density at radius 1 is 0.960 bits per heavy atom. The Labute approximate surface area is 152 Å². The Morgan fingerprint density at radius 3 is 2.32 bits per heavy atom. The first-order valence-electron chi connectivity index (χ1n) is 8.01. The van der Waals surface area contributed by atoms with Crippen LogP contribution in [0.25, 0.3) is 17.1 Å². The second-order valence-corrected chi connectivity index (χ2v) is 6.61. The van der Waals surface area contributed by atoms with Crippen molar-refractivity contribution in [3.05, 3.63) is 54.1 Å². The Hall–Kier alpha value is -2.31. The van der Waals surface area contributed by atoms with Crippen LogP contribution in [0.15, 0.2) is 53.7 Å². The number of nitrogens with zero attached hydrogens (tertiary/aromatic N) is 3. The standard InChI is InChI=1S/C19H21N3O2S/c1-14-4-8-16(9-5-14)22-18(15-6-10-17(24-3)11-7-15)20-21-19(22)25-13-12-23-2/h4-11H,12-13H2,1-3H3. The number of benzene rings is 2. The molecule has 0 aliphatic rings. The van der Waals surface area contributed by atoms with Gasteiger partial charge in [0, 0.05) is 24.1 Å². The number of rotatable bonds is 7. The molecule has 130 valence electrons. The molecule has 0 fully saturated rings. The SMILES string of the molecule is COCCSc1nnc(-c2ccc(OC)cc2)n1-c1ccc(C)cc1. The van der Waals surface area contributed by atoms with Crippen LogP contribution in [-0.2, 0) is 4.74 Å². The van der Waals surface area contributed by atoms with E-state index >= 15 is 0 Å². The van der Waals surface area contributed by atoms with Crippen LogP contribution in [0.2, 0.25) is 0 Å². The van der Waals surface area contributed by atoms with Gasteiger partial charge < -0.3 is 9.47 Å². The van der Waals surface area contributed by atoms with Gasteiger partial charge in [0.05, 0.1) is 13.7 Å². The number of thioether (sulfide) groups is 1. The van der Waals surface area contributed by atoms with E-state index in [9.17, 15) is 0 Å². The minimum absolute atomic E-state index is 0.670. The third-order valence-corrected chi connectivity index (χ3v) is 4.69. The van der Waals surface area contributed by atoms with Crippen molar-refractivity contribution in [2.75, 3.05) is 26.6 Å². The molecule has 0 saturated carbocycles. The topological polar surface area (TPSA) is 49.2 Å². The molecule has 1 aromatic heterocycles. The number of hydrogen-bond donors (Lipinski definition) is 0. The summed E-state index contributed by atoms with van der Waals surface area (Å²) in [5.41, 5.74) is 3.25. The highest BCUT2D eigenvalue weighted by Crippen LogP contribution is 2.29. The summed E-state index contributed by atoms with van der Waals surface area (Å²) in [7, 11) is 3.36. The molecule has 1 heterocycles. The molecule has 2 aromatic carbocycles. The largest absolute Gasteiger partial charge is 0.497 e. The van der Waals surface area contributed by atoms with E-state index in [1.54, 1.807) is 26.0 Å². The first kappa shape index (κ1) is 17.5. The van der Waals surface area contributed by atoms with Crippen molar-refractivity contribution >= 4 is 11.8 Å². The molecule has 0 aliphatic carbocycles. The monoisotopic (exact) mass is 355 g/mol. The Bertz CT molecular complexity index is 814. The predicted molar refractivity (Wildman–Crippen MR) is 101 cm³/mol. The van der Waals surface area contributed by atoms with Crippen LogP contribution in [0.3, 0.4) is 0 Å². The van der Waals surface area contributed by atoms with Gasteiger partial charge in [0.25, 0.3) is 0 Å². The van der Waals surface area contributed by atoms with Gasteiger partial charge in [-0.25, -0.2) is 0 Å². The van der Waals surface area contributed by atoms with Crippen LogP contribution >= 0.6 is 11.8 Å². The lowest BCUT2D eigenvalue weighted by molar-refractivity contribution is 0.218. The van der Waals surface area contributed by atoms with Crippen LogP contribution in [0.1, 0.15) is 5.56 Å². The van der Waals surface area contributed by atoms with E-state index in [0.29, 0.717) is 6.61 Å². The van der Waals surface area contributed by atoms with E-state index < -0.39 is 0 Å². The number of hydrogen-bond acceptors (Lipinski definition) is 5. The molecule has 25 heavy (non-hydrogen) atoms. The van der Waals surface area contributed by atoms with Crippen molar-refractivity contribution in [2.45, 2.75) is 12.1 Å². The minimum atomic E-state index is 0.670. The fraction of sp³-hybridized carbons (Fsp3) is 0.263. The van der Waals surface area contributed by atoms with Crippen LogP contribution in [0.5, 0.6) is 5.75 Å². The molecule has 0 radical (unpaired) electrons. The molecule has 0 bridgehead atoms. The fourth-order valence-corrected chi connectivity index (χ4v) is 3.29. The predicted octanol–water partition coefficient (Wildman–Crippen LogP) is 3.99. The zero-order valence-corrected chi connectivity index (χ0v) is 15.4. The summed E-state index contributed by atoms with van der Waals surface area (Å²) >= 11 is 1.63. The van der Waals surface area contributed by atoms with Gasteiger partial charge in [-0.1, -0.05) is 29.5 Å². The summed E-state index contributed by atoms with van der Waals surface area (Å²) < 4.78 is 12.5. The van der Waals surface area contributed by atoms with Gasteiger partial charge in [-0.2, -0.15) is 0 Å². The lowest BCUT2D eigenvalue weighted by atomic mass is 10.2. The molecule has 0 N–H and O–H groups in total. The van der Waals surface area contributed by atoms with Crippen molar-refractivity contribution < 1.29 is 9.47 Å². The molecular weight excluding hydrogens is 334 g/mol. The van der Waals surface area contributed by atoms with Crippen molar-refractivity contribution in [3.63, 3.8) is 0 Å². The van der Waals surface area contributed by atoms with Gasteiger partial charge >= 0.3 is 0 Å². The molecule has 5 nitrogen and oxygen atoms in total. The molecule has 0 unspecified atom stereocenters. The van der Waals surface area contributed by atoms with E-state index in [1.807, 2.05) is 24.3 Å². The van der Waals surface area contributed by atoms with Crippen LogP contribution < -0.4 is 4.74 Å². The molecule has 0 atom stereocenters. The average molecular weight is 355 g/mol. The quantitative estimate of drug-likeness (QED) is 0.474. The molecule has 0 aliphatic heterocycles. The summed E-state index contributed by atoms with van der Waals surface area (Å²) in [4.78, 5) is 0. The van der Waals surface area contributed by atoms with E-state index in [1.165, 1.54) is 5.56 Å². The van der Waals surface area contributed by atoms with Crippen LogP contribution in [0, 0.1) is 6.92 Å². The Balaban J connectivity index is 2.03. The molecule has 0 amide bonds. The summed E-state index contributed by atoms with van der Waals surface area (Å²) in [6.07, 6.45) is 0. The first-order valence-corrected chi connectivity index (χ1v) is 9.00. The zero-order valence-electron chi connectivity index (χ0n) is 14.6. The number of aromatic nitrogens is 3. The maximum Gasteiger partial charge on any atom is 0.196 e. The van der Waals surface area contributed by atoms with E-state index in [0.717, 1.165) is 33.7 Å². The van der Waals surface area contributed by atoms with Crippen molar-refractivity contribution in [1.82, 2.24) is 14.8 Å².